The molecular formula is C33H26ClN3O5. The van der Waals surface area contributed by atoms with Crippen molar-refractivity contribution in [2.45, 2.75) is 19.2 Å². The number of halogens is 1. The number of ether oxygens (including phenoxy) is 4. The fourth-order valence-corrected chi connectivity index (χ4v) is 5.62. The van der Waals surface area contributed by atoms with E-state index < -0.39 is 0 Å². The Kier molecular flexibility index (Phi) is 6.68. The molecular weight excluding hydrogens is 554 g/mol. The molecule has 2 aliphatic heterocycles. The molecule has 42 heavy (non-hydrogen) atoms. The minimum Gasteiger partial charge on any atom is -0.497 e. The Balaban J connectivity index is 1.23. The summed E-state index contributed by atoms with van der Waals surface area (Å²) in [4.78, 5) is 15.7. The van der Waals surface area contributed by atoms with E-state index in [2.05, 4.69) is 10.2 Å². The number of rotatable bonds is 8. The number of amides is 1. The number of carbonyl (C=O) groups excluding carboxylic acids is 1. The first kappa shape index (κ1) is 26.0. The maximum absolute atomic E-state index is 13.9. The summed E-state index contributed by atoms with van der Waals surface area (Å²) in [5, 5.41) is 8.26. The van der Waals surface area contributed by atoms with Gasteiger partial charge in [0.1, 0.15) is 23.8 Å². The topological polar surface area (TPSA) is 85.9 Å². The molecule has 210 valence electrons. The number of aromatic amines is 1. The summed E-state index contributed by atoms with van der Waals surface area (Å²) >= 11 is 6.30. The molecule has 0 fully saturated rings. The molecule has 1 amide bonds. The van der Waals surface area contributed by atoms with Gasteiger partial charge >= 0.3 is 0 Å². The van der Waals surface area contributed by atoms with E-state index in [9.17, 15) is 4.79 Å². The van der Waals surface area contributed by atoms with Crippen molar-refractivity contribution in [3.63, 3.8) is 0 Å². The fourth-order valence-electron chi connectivity index (χ4n) is 5.43. The Hall–Kier alpha value is -4.95. The summed E-state index contributed by atoms with van der Waals surface area (Å²) in [6.07, 6.45) is 0. The van der Waals surface area contributed by atoms with Crippen molar-refractivity contribution in [1.82, 2.24) is 15.1 Å². The van der Waals surface area contributed by atoms with Crippen LogP contribution >= 0.6 is 11.6 Å². The predicted octanol–water partition coefficient (Wildman–Crippen LogP) is 6.79. The molecule has 0 saturated carbocycles. The van der Waals surface area contributed by atoms with Crippen LogP contribution in [-0.4, -0.2) is 34.9 Å². The number of aromatic nitrogens is 2. The van der Waals surface area contributed by atoms with E-state index in [4.69, 9.17) is 30.5 Å². The molecule has 5 aromatic rings. The number of hydrogen-bond acceptors (Lipinski definition) is 6. The Morgan fingerprint density at radius 3 is 2.50 bits per heavy atom. The van der Waals surface area contributed by atoms with Crippen LogP contribution in [0.15, 0.2) is 91.0 Å². The molecule has 2 aliphatic rings. The van der Waals surface area contributed by atoms with E-state index in [-0.39, 0.29) is 18.7 Å². The van der Waals surface area contributed by atoms with Crippen molar-refractivity contribution in [3.8, 4) is 34.3 Å². The standard InChI is InChI=1S/C33H26ClN3O5/c1-39-24-11-7-21(8-12-24)30-29-31(36-35-30)33(38)37(17-20-6-15-27-28(16-20)42-19-41-27)32(29)22-9-13-25(14-10-22)40-18-23-4-2-3-5-26(23)34/h2-16,32H,17-19H2,1H3,(H,35,36). The van der Waals surface area contributed by atoms with Gasteiger partial charge in [-0.2, -0.15) is 5.10 Å². The molecule has 7 rings (SSSR count). The van der Waals surface area contributed by atoms with Crippen LogP contribution in [0, 0.1) is 0 Å². The normalized spacial score (nSPS) is 15.1. The second kappa shape index (κ2) is 10.8. The van der Waals surface area contributed by atoms with Crippen LogP contribution in [0.25, 0.3) is 11.3 Å². The third-order valence-corrected chi connectivity index (χ3v) is 7.93. The lowest BCUT2D eigenvalue weighted by Crippen LogP contribution is -2.29. The smallest absolute Gasteiger partial charge is 0.273 e. The lowest BCUT2D eigenvalue weighted by atomic mass is 9.95. The minimum atomic E-state index is -0.383. The minimum absolute atomic E-state index is 0.126. The van der Waals surface area contributed by atoms with Crippen LogP contribution in [0.2, 0.25) is 5.02 Å². The Labute approximate surface area is 247 Å². The highest BCUT2D eigenvalue weighted by Gasteiger charge is 2.42. The van der Waals surface area contributed by atoms with Crippen LogP contribution < -0.4 is 18.9 Å². The van der Waals surface area contributed by atoms with Gasteiger partial charge in [-0.1, -0.05) is 48.0 Å². The Morgan fingerprint density at radius 1 is 0.952 bits per heavy atom. The highest BCUT2D eigenvalue weighted by atomic mass is 35.5. The first-order valence-corrected chi connectivity index (χ1v) is 13.8. The molecule has 1 unspecified atom stereocenters. The molecule has 9 heteroatoms. The fraction of sp³-hybridized carbons (Fsp3) is 0.152. The number of methoxy groups -OCH3 is 1. The quantitative estimate of drug-likeness (QED) is 0.218. The zero-order valence-corrected chi connectivity index (χ0v) is 23.4. The van der Waals surface area contributed by atoms with E-state index in [1.807, 2.05) is 95.9 Å². The Bertz CT molecular complexity index is 1770. The summed E-state index contributed by atoms with van der Waals surface area (Å²) in [5.41, 5.74) is 5.69. The average molecular weight is 580 g/mol. The predicted molar refractivity (Wildman–Crippen MR) is 157 cm³/mol. The summed E-state index contributed by atoms with van der Waals surface area (Å²) in [7, 11) is 1.63. The first-order valence-electron chi connectivity index (χ1n) is 13.5. The van der Waals surface area contributed by atoms with Gasteiger partial charge in [-0.15, -0.1) is 0 Å². The molecule has 3 heterocycles. The largest absolute Gasteiger partial charge is 0.497 e. The van der Waals surface area contributed by atoms with Crippen LogP contribution in [0.1, 0.15) is 38.8 Å². The number of nitrogens with one attached hydrogen (secondary N) is 1. The second-order valence-electron chi connectivity index (χ2n) is 10.1. The molecule has 8 nitrogen and oxygen atoms in total. The van der Waals surface area contributed by atoms with Gasteiger partial charge in [0.2, 0.25) is 6.79 Å². The number of carbonyl (C=O) groups is 1. The van der Waals surface area contributed by atoms with Gasteiger partial charge in [-0.25, -0.2) is 0 Å². The number of hydrogen-bond donors (Lipinski definition) is 1. The lowest BCUT2D eigenvalue weighted by molar-refractivity contribution is 0.0730. The van der Waals surface area contributed by atoms with Crippen molar-refractivity contribution < 1.29 is 23.7 Å². The molecule has 0 radical (unpaired) electrons. The summed E-state index contributed by atoms with van der Waals surface area (Å²) in [6, 6.07) is 28.5. The van der Waals surface area contributed by atoms with Gasteiger partial charge < -0.3 is 23.8 Å². The van der Waals surface area contributed by atoms with E-state index >= 15 is 0 Å². The van der Waals surface area contributed by atoms with Gasteiger partial charge in [-0.05, 0) is 65.7 Å². The van der Waals surface area contributed by atoms with E-state index in [1.165, 1.54) is 0 Å². The van der Waals surface area contributed by atoms with Crippen LogP contribution in [0.3, 0.4) is 0 Å². The summed E-state index contributed by atoms with van der Waals surface area (Å²) in [6.45, 7) is 0.913. The molecule has 1 aromatic heterocycles. The molecule has 0 saturated heterocycles. The first-order chi connectivity index (χ1) is 20.6. The molecule has 1 N–H and O–H groups in total. The Morgan fingerprint density at radius 2 is 1.71 bits per heavy atom. The zero-order chi connectivity index (χ0) is 28.6. The SMILES string of the molecule is COc1ccc(-c2n[nH]c3c2C(c2ccc(OCc4ccccc4Cl)cc2)N(Cc2ccc4c(c2)OCO4)C3=O)cc1. The van der Waals surface area contributed by atoms with Gasteiger partial charge in [0, 0.05) is 28.3 Å². The third kappa shape index (κ3) is 4.69. The van der Waals surface area contributed by atoms with Gasteiger partial charge in [0.15, 0.2) is 11.5 Å². The number of fused-ring (bicyclic) bond motifs is 2. The molecule has 4 aromatic carbocycles. The molecule has 0 aliphatic carbocycles. The summed E-state index contributed by atoms with van der Waals surface area (Å²) in [5.74, 6) is 2.70. The van der Waals surface area contributed by atoms with Crippen LogP contribution in [0.4, 0.5) is 0 Å². The second-order valence-corrected chi connectivity index (χ2v) is 10.5. The number of benzene rings is 4. The van der Waals surface area contributed by atoms with Crippen molar-refractivity contribution in [2.75, 3.05) is 13.9 Å². The third-order valence-electron chi connectivity index (χ3n) is 7.57. The molecule has 0 spiro atoms. The molecule has 0 bridgehead atoms. The van der Waals surface area contributed by atoms with Gasteiger partial charge in [0.25, 0.3) is 5.91 Å². The maximum atomic E-state index is 13.9. The van der Waals surface area contributed by atoms with E-state index in [1.54, 1.807) is 7.11 Å². The maximum Gasteiger partial charge on any atom is 0.273 e. The zero-order valence-electron chi connectivity index (χ0n) is 22.7. The highest BCUT2D eigenvalue weighted by molar-refractivity contribution is 6.31. The van der Waals surface area contributed by atoms with Gasteiger partial charge in [0.05, 0.1) is 18.8 Å². The van der Waals surface area contributed by atoms with E-state index in [0.29, 0.717) is 41.1 Å². The van der Waals surface area contributed by atoms with Crippen molar-refractivity contribution in [3.05, 3.63) is 124 Å². The summed E-state index contributed by atoms with van der Waals surface area (Å²) < 4.78 is 22.4. The van der Waals surface area contributed by atoms with Gasteiger partial charge in [-0.3, -0.25) is 9.89 Å². The van der Waals surface area contributed by atoms with Crippen molar-refractivity contribution in [1.29, 1.82) is 0 Å². The average Bonchev–Trinajstić information content (AvgIpc) is 3.74. The lowest BCUT2D eigenvalue weighted by Gasteiger charge is -2.27. The van der Waals surface area contributed by atoms with Crippen LogP contribution in [-0.2, 0) is 13.2 Å². The van der Waals surface area contributed by atoms with E-state index in [0.717, 1.165) is 39.3 Å². The number of nitrogens with zero attached hydrogens (tertiary/aromatic N) is 2. The van der Waals surface area contributed by atoms with Crippen molar-refractivity contribution in [2.24, 2.45) is 0 Å². The highest BCUT2D eigenvalue weighted by Crippen LogP contribution is 2.44. The van der Waals surface area contributed by atoms with Crippen LogP contribution in [0.5, 0.6) is 23.0 Å². The number of H-pyrrole nitrogens is 1. The van der Waals surface area contributed by atoms with Crippen molar-refractivity contribution >= 4 is 17.5 Å². The molecule has 1 atom stereocenters. The monoisotopic (exact) mass is 579 g/mol.